The van der Waals surface area contributed by atoms with Gasteiger partial charge in [-0.2, -0.15) is 0 Å². The number of nitrogens with two attached hydrogens (primary N) is 2. The van der Waals surface area contributed by atoms with Crippen molar-refractivity contribution in [1.82, 2.24) is 4.90 Å². The average molecular weight is 243 g/mol. The molecule has 1 aliphatic rings. The SMILES string of the molecule is CC1CN(CCCCC(C)(N)C(N)=O)CCO1. The highest BCUT2D eigenvalue weighted by Gasteiger charge is 2.24. The molecule has 0 radical (unpaired) electrons. The van der Waals surface area contributed by atoms with E-state index >= 15 is 0 Å². The van der Waals surface area contributed by atoms with Gasteiger partial charge in [-0.15, -0.1) is 0 Å². The van der Waals surface area contributed by atoms with E-state index in [-0.39, 0.29) is 0 Å². The fourth-order valence-electron chi connectivity index (χ4n) is 2.04. The molecule has 100 valence electrons. The molecule has 1 aliphatic heterocycles. The summed E-state index contributed by atoms with van der Waals surface area (Å²) in [6, 6.07) is 0. The Balaban J connectivity index is 2.13. The molecule has 2 unspecified atom stereocenters. The number of ether oxygens (including phenoxy) is 1. The largest absolute Gasteiger partial charge is 0.376 e. The molecule has 5 heteroatoms. The third-order valence-corrected chi connectivity index (χ3v) is 3.31. The monoisotopic (exact) mass is 243 g/mol. The van der Waals surface area contributed by atoms with Crippen LogP contribution in [-0.2, 0) is 9.53 Å². The van der Waals surface area contributed by atoms with Crippen LogP contribution < -0.4 is 11.5 Å². The lowest BCUT2D eigenvalue weighted by molar-refractivity contribution is -0.122. The molecule has 2 atom stereocenters. The molecular formula is C12H25N3O2. The first-order valence-electron chi connectivity index (χ1n) is 6.34. The molecule has 4 N–H and O–H groups in total. The van der Waals surface area contributed by atoms with E-state index in [9.17, 15) is 4.79 Å². The predicted molar refractivity (Wildman–Crippen MR) is 67.5 cm³/mol. The van der Waals surface area contributed by atoms with Crippen LogP contribution in [0.15, 0.2) is 0 Å². The van der Waals surface area contributed by atoms with Gasteiger partial charge in [0.15, 0.2) is 0 Å². The van der Waals surface area contributed by atoms with Crippen molar-refractivity contribution in [3.63, 3.8) is 0 Å². The van der Waals surface area contributed by atoms with Crippen molar-refractivity contribution >= 4 is 5.91 Å². The summed E-state index contributed by atoms with van der Waals surface area (Å²) in [6.07, 6.45) is 2.96. The maximum absolute atomic E-state index is 11.0. The van der Waals surface area contributed by atoms with Gasteiger partial charge in [-0.25, -0.2) is 0 Å². The molecule has 0 aromatic rings. The van der Waals surface area contributed by atoms with Crippen molar-refractivity contribution in [2.75, 3.05) is 26.2 Å². The van der Waals surface area contributed by atoms with Crippen molar-refractivity contribution in [3.05, 3.63) is 0 Å². The number of hydrogen-bond donors (Lipinski definition) is 2. The molecule has 0 saturated carbocycles. The molecule has 1 rings (SSSR count). The number of hydrogen-bond acceptors (Lipinski definition) is 4. The fraction of sp³-hybridized carbons (Fsp3) is 0.917. The number of carbonyl (C=O) groups is 1. The standard InChI is InChI=1S/C12H25N3O2/c1-10-9-15(7-8-17-10)6-4-3-5-12(2,14)11(13)16/h10H,3-9,14H2,1-2H3,(H2,13,16). The minimum atomic E-state index is -0.863. The van der Waals surface area contributed by atoms with Crippen molar-refractivity contribution in [2.24, 2.45) is 11.5 Å². The van der Waals surface area contributed by atoms with E-state index in [4.69, 9.17) is 16.2 Å². The molecule has 1 fully saturated rings. The first kappa shape index (κ1) is 14.4. The number of primary amides is 1. The predicted octanol–water partition coefficient (Wildman–Crippen LogP) is 0.0801. The van der Waals surface area contributed by atoms with Gasteiger partial charge in [-0.1, -0.05) is 0 Å². The number of morpholine rings is 1. The molecule has 0 aromatic heterocycles. The highest BCUT2D eigenvalue weighted by Crippen LogP contribution is 2.12. The smallest absolute Gasteiger partial charge is 0.237 e. The fourth-order valence-corrected chi connectivity index (χ4v) is 2.04. The van der Waals surface area contributed by atoms with E-state index in [2.05, 4.69) is 11.8 Å². The number of carbonyl (C=O) groups excluding carboxylic acids is 1. The molecule has 1 amide bonds. The van der Waals surface area contributed by atoms with Crippen LogP contribution in [0.25, 0.3) is 0 Å². The van der Waals surface area contributed by atoms with E-state index in [1.165, 1.54) is 0 Å². The van der Waals surface area contributed by atoms with Gasteiger partial charge in [0.1, 0.15) is 0 Å². The van der Waals surface area contributed by atoms with Gasteiger partial charge in [-0.05, 0) is 39.7 Å². The van der Waals surface area contributed by atoms with E-state index in [1.807, 2.05) is 0 Å². The first-order valence-corrected chi connectivity index (χ1v) is 6.34. The summed E-state index contributed by atoms with van der Waals surface area (Å²) < 4.78 is 5.48. The van der Waals surface area contributed by atoms with Crippen molar-refractivity contribution in [2.45, 2.75) is 44.8 Å². The second-order valence-corrected chi connectivity index (χ2v) is 5.22. The average Bonchev–Trinajstić information content (AvgIpc) is 2.24. The van der Waals surface area contributed by atoms with E-state index in [0.29, 0.717) is 12.5 Å². The molecule has 1 heterocycles. The minimum absolute atomic E-state index is 0.328. The van der Waals surface area contributed by atoms with Crippen LogP contribution in [0.1, 0.15) is 33.1 Å². The van der Waals surface area contributed by atoms with Crippen LogP contribution in [0.3, 0.4) is 0 Å². The Kier molecular flexibility index (Phi) is 5.36. The van der Waals surface area contributed by atoms with Gasteiger partial charge in [0.05, 0.1) is 18.2 Å². The van der Waals surface area contributed by atoms with Crippen molar-refractivity contribution in [3.8, 4) is 0 Å². The van der Waals surface area contributed by atoms with E-state index in [0.717, 1.165) is 39.1 Å². The van der Waals surface area contributed by atoms with Gasteiger partial charge in [0, 0.05) is 13.1 Å². The van der Waals surface area contributed by atoms with Crippen molar-refractivity contribution in [1.29, 1.82) is 0 Å². The van der Waals surface area contributed by atoms with Crippen LogP contribution in [0.4, 0.5) is 0 Å². The van der Waals surface area contributed by atoms with Crippen LogP contribution in [0.2, 0.25) is 0 Å². The molecule has 5 nitrogen and oxygen atoms in total. The van der Waals surface area contributed by atoms with Crippen LogP contribution in [0.5, 0.6) is 0 Å². The Hall–Kier alpha value is -0.650. The van der Waals surface area contributed by atoms with Gasteiger partial charge in [0.2, 0.25) is 5.91 Å². The Bertz CT molecular complexity index is 256. The Morgan fingerprint density at radius 1 is 1.53 bits per heavy atom. The second kappa shape index (κ2) is 6.33. The van der Waals surface area contributed by atoms with Crippen LogP contribution in [-0.4, -0.2) is 48.7 Å². The highest BCUT2D eigenvalue weighted by atomic mass is 16.5. The lowest BCUT2D eigenvalue weighted by Crippen LogP contribution is -2.49. The van der Waals surface area contributed by atoms with E-state index < -0.39 is 11.4 Å². The minimum Gasteiger partial charge on any atom is -0.376 e. The number of nitrogens with zero attached hydrogens (tertiary/aromatic N) is 1. The summed E-state index contributed by atoms with van der Waals surface area (Å²) in [5, 5.41) is 0. The molecule has 17 heavy (non-hydrogen) atoms. The normalized spacial score (nSPS) is 25.5. The number of rotatable bonds is 6. The maximum Gasteiger partial charge on any atom is 0.237 e. The van der Waals surface area contributed by atoms with Crippen LogP contribution in [0, 0.1) is 0 Å². The van der Waals surface area contributed by atoms with Gasteiger partial charge in [0.25, 0.3) is 0 Å². The summed E-state index contributed by atoms with van der Waals surface area (Å²) in [4.78, 5) is 13.4. The summed E-state index contributed by atoms with van der Waals surface area (Å²) in [7, 11) is 0. The quantitative estimate of drug-likeness (QED) is 0.647. The summed E-state index contributed by atoms with van der Waals surface area (Å²) in [6.45, 7) is 7.65. The second-order valence-electron chi connectivity index (χ2n) is 5.22. The Morgan fingerprint density at radius 2 is 2.24 bits per heavy atom. The molecule has 0 bridgehead atoms. The van der Waals surface area contributed by atoms with Gasteiger partial charge < -0.3 is 16.2 Å². The molecule has 1 saturated heterocycles. The molecule has 0 aromatic carbocycles. The topological polar surface area (TPSA) is 81.6 Å². The summed E-state index contributed by atoms with van der Waals surface area (Å²) in [5.41, 5.74) is 10.2. The zero-order chi connectivity index (χ0) is 12.9. The zero-order valence-electron chi connectivity index (χ0n) is 10.9. The molecular weight excluding hydrogens is 218 g/mol. The van der Waals surface area contributed by atoms with Gasteiger partial charge in [-0.3, -0.25) is 9.69 Å². The van der Waals surface area contributed by atoms with Gasteiger partial charge >= 0.3 is 0 Å². The lowest BCUT2D eigenvalue weighted by Gasteiger charge is -2.31. The highest BCUT2D eigenvalue weighted by molar-refractivity contribution is 5.83. The van der Waals surface area contributed by atoms with Crippen LogP contribution >= 0.6 is 0 Å². The van der Waals surface area contributed by atoms with E-state index in [1.54, 1.807) is 6.92 Å². The summed E-state index contributed by atoms with van der Waals surface area (Å²) >= 11 is 0. The third kappa shape index (κ3) is 5.02. The first-order chi connectivity index (χ1) is 7.92. The zero-order valence-corrected chi connectivity index (χ0v) is 10.9. The summed E-state index contributed by atoms with van der Waals surface area (Å²) in [5.74, 6) is -0.419. The Morgan fingerprint density at radius 3 is 2.82 bits per heavy atom. The number of unbranched alkanes of at least 4 members (excludes halogenated alkanes) is 1. The third-order valence-electron chi connectivity index (χ3n) is 3.31. The van der Waals surface area contributed by atoms with Crippen molar-refractivity contribution < 1.29 is 9.53 Å². The molecule has 0 aliphatic carbocycles. The Labute approximate surface area is 103 Å². The maximum atomic E-state index is 11.0. The lowest BCUT2D eigenvalue weighted by atomic mass is 9.95. The number of amides is 1. The molecule has 0 spiro atoms.